The molecule has 0 bridgehead atoms. The van der Waals surface area contributed by atoms with Crippen LogP contribution in [0, 0.1) is 0 Å². The van der Waals surface area contributed by atoms with E-state index in [2.05, 4.69) is 20.9 Å². The van der Waals surface area contributed by atoms with Crippen molar-refractivity contribution in [2.75, 3.05) is 0 Å². The molecule has 0 radical (unpaired) electrons. The molecule has 1 heterocycles. The number of hydrogen-bond donors (Lipinski definition) is 0. The van der Waals surface area contributed by atoms with E-state index in [-0.39, 0.29) is 16.8 Å². The summed E-state index contributed by atoms with van der Waals surface area (Å²) in [7, 11) is 0. The van der Waals surface area contributed by atoms with Gasteiger partial charge in [-0.05, 0) is 24.3 Å². The van der Waals surface area contributed by atoms with E-state index in [0.29, 0.717) is 4.47 Å². The first kappa shape index (κ1) is 12.8. The number of ketones is 1. The highest BCUT2D eigenvalue weighted by Gasteiger charge is 2.20. The lowest BCUT2D eigenvalue weighted by Crippen LogP contribution is -2.07. The lowest BCUT2D eigenvalue weighted by Gasteiger charge is -2.08. The summed E-state index contributed by atoms with van der Waals surface area (Å²) in [5.74, 6) is -0.507. The highest BCUT2D eigenvalue weighted by molar-refractivity contribution is 9.10. The van der Waals surface area contributed by atoms with Crippen LogP contribution in [0.15, 0.2) is 47.1 Å². The maximum Gasteiger partial charge on any atom is 0.264 e. The Morgan fingerprint density at radius 3 is 2.61 bits per heavy atom. The van der Waals surface area contributed by atoms with Gasteiger partial charge >= 0.3 is 0 Å². The second-order valence-corrected chi connectivity index (χ2v) is 4.49. The maximum absolute atomic E-state index is 12.8. The molecule has 0 aliphatic heterocycles. The van der Waals surface area contributed by atoms with E-state index < -0.39 is 12.2 Å². The molecule has 2 nitrogen and oxygen atoms in total. The van der Waals surface area contributed by atoms with Crippen molar-refractivity contribution in [1.82, 2.24) is 4.98 Å². The summed E-state index contributed by atoms with van der Waals surface area (Å²) < 4.78 is 26.3. The van der Waals surface area contributed by atoms with Crippen LogP contribution in [0.5, 0.6) is 0 Å². The molecule has 0 atom stereocenters. The van der Waals surface area contributed by atoms with E-state index in [4.69, 9.17) is 0 Å². The van der Waals surface area contributed by atoms with E-state index in [9.17, 15) is 13.6 Å². The molecule has 5 heteroatoms. The van der Waals surface area contributed by atoms with Gasteiger partial charge in [-0.2, -0.15) is 0 Å². The zero-order valence-corrected chi connectivity index (χ0v) is 10.7. The van der Waals surface area contributed by atoms with Crippen LogP contribution in [0.1, 0.15) is 28.0 Å². The summed E-state index contributed by atoms with van der Waals surface area (Å²) in [5, 5.41) is 0. The lowest BCUT2D eigenvalue weighted by atomic mass is 10.0. The molecule has 1 aromatic carbocycles. The van der Waals surface area contributed by atoms with Gasteiger partial charge in [-0.3, -0.25) is 9.78 Å². The average Bonchev–Trinajstić information content (AvgIpc) is 2.38. The Bertz CT molecular complexity index is 572. The van der Waals surface area contributed by atoms with Crippen molar-refractivity contribution >= 4 is 21.7 Å². The predicted molar refractivity (Wildman–Crippen MR) is 66.8 cm³/mol. The third-order valence-corrected chi connectivity index (χ3v) is 2.89. The minimum atomic E-state index is -2.69. The Balaban J connectivity index is 2.50. The van der Waals surface area contributed by atoms with Crippen LogP contribution in [0.2, 0.25) is 0 Å². The number of carbonyl (C=O) groups is 1. The molecule has 0 aliphatic rings. The van der Waals surface area contributed by atoms with Gasteiger partial charge in [-0.25, -0.2) is 8.78 Å². The van der Waals surface area contributed by atoms with E-state index in [1.807, 2.05) is 0 Å². The third-order valence-electron chi connectivity index (χ3n) is 2.39. The van der Waals surface area contributed by atoms with Crippen molar-refractivity contribution < 1.29 is 13.6 Å². The van der Waals surface area contributed by atoms with Gasteiger partial charge in [0.05, 0.1) is 0 Å². The average molecular weight is 312 g/mol. The van der Waals surface area contributed by atoms with Gasteiger partial charge < -0.3 is 0 Å². The SMILES string of the molecule is O=C(c1ccccn1)c1cc(Br)ccc1C(F)F. The van der Waals surface area contributed by atoms with Gasteiger partial charge in [0, 0.05) is 21.8 Å². The number of hydrogen-bond acceptors (Lipinski definition) is 2. The molecule has 0 amide bonds. The molecule has 0 N–H and O–H groups in total. The van der Waals surface area contributed by atoms with Crippen molar-refractivity contribution in [3.05, 3.63) is 63.9 Å². The number of benzene rings is 1. The molecule has 0 unspecified atom stereocenters. The third kappa shape index (κ3) is 2.61. The smallest absolute Gasteiger partial charge is 0.264 e. The Morgan fingerprint density at radius 2 is 2.00 bits per heavy atom. The maximum atomic E-state index is 12.8. The van der Waals surface area contributed by atoms with Gasteiger partial charge in [0.15, 0.2) is 0 Å². The van der Waals surface area contributed by atoms with Gasteiger partial charge in [-0.1, -0.05) is 28.1 Å². The normalized spacial score (nSPS) is 10.7. The van der Waals surface area contributed by atoms with Crippen LogP contribution in [0.25, 0.3) is 0 Å². The van der Waals surface area contributed by atoms with E-state index in [0.717, 1.165) is 0 Å². The zero-order chi connectivity index (χ0) is 13.1. The lowest BCUT2D eigenvalue weighted by molar-refractivity contribution is 0.102. The molecule has 1 aromatic heterocycles. The minimum absolute atomic E-state index is 0.0296. The largest absolute Gasteiger partial charge is 0.287 e. The molecular weight excluding hydrogens is 304 g/mol. The van der Waals surface area contributed by atoms with E-state index in [1.54, 1.807) is 12.1 Å². The van der Waals surface area contributed by atoms with Crippen LogP contribution in [-0.4, -0.2) is 10.8 Å². The Labute approximate surface area is 111 Å². The molecule has 92 valence electrons. The second kappa shape index (κ2) is 5.35. The van der Waals surface area contributed by atoms with E-state index >= 15 is 0 Å². The first-order chi connectivity index (χ1) is 8.59. The van der Waals surface area contributed by atoms with Crippen LogP contribution in [0.4, 0.5) is 8.78 Å². The summed E-state index contributed by atoms with van der Waals surface area (Å²) in [4.78, 5) is 16.0. The quantitative estimate of drug-likeness (QED) is 0.802. The highest BCUT2D eigenvalue weighted by Crippen LogP contribution is 2.27. The van der Waals surface area contributed by atoms with Crippen LogP contribution in [-0.2, 0) is 0 Å². The summed E-state index contributed by atoms with van der Waals surface area (Å²) in [6.07, 6.45) is -1.24. The van der Waals surface area contributed by atoms with Crippen molar-refractivity contribution in [3.8, 4) is 0 Å². The topological polar surface area (TPSA) is 30.0 Å². The highest BCUT2D eigenvalue weighted by atomic mass is 79.9. The molecule has 0 fully saturated rings. The fourth-order valence-electron chi connectivity index (χ4n) is 1.55. The number of pyridine rings is 1. The van der Waals surface area contributed by atoms with Crippen molar-refractivity contribution in [1.29, 1.82) is 0 Å². The number of aromatic nitrogens is 1. The molecule has 2 rings (SSSR count). The summed E-state index contributed by atoms with van der Waals surface area (Å²) in [6.45, 7) is 0. The summed E-state index contributed by atoms with van der Waals surface area (Å²) in [5.41, 5.74) is -0.163. The monoisotopic (exact) mass is 311 g/mol. The van der Waals surface area contributed by atoms with Crippen molar-refractivity contribution in [2.45, 2.75) is 6.43 Å². The van der Waals surface area contributed by atoms with Crippen molar-refractivity contribution in [3.63, 3.8) is 0 Å². The summed E-state index contributed by atoms with van der Waals surface area (Å²) >= 11 is 3.17. The standard InChI is InChI=1S/C13H8BrF2NO/c14-8-4-5-9(13(15)16)10(7-8)12(18)11-3-1-2-6-17-11/h1-7,13H. The fraction of sp³-hybridized carbons (Fsp3) is 0.0769. The van der Waals surface area contributed by atoms with Crippen molar-refractivity contribution in [2.24, 2.45) is 0 Å². The Hall–Kier alpha value is -1.62. The molecule has 0 saturated heterocycles. The number of alkyl halides is 2. The molecule has 2 aromatic rings. The molecule has 18 heavy (non-hydrogen) atoms. The van der Waals surface area contributed by atoms with E-state index in [1.165, 1.54) is 30.5 Å². The van der Waals surface area contributed by atoms with Crippen LogP contribution in [0.3, 0.4) is 0 Å². The molecular formula is C13H8BrF2NO. The molecule has 0 aliphatic carbocycles. The minimum Gasteiger partial charge on any atom is -0.287 e. The Morgan fingerprint density at radius 1 is 1.22 bits per heavy atom. The van der Waals surface area contributed by atoms with Gasteiger partial charge in [0.1, 0.15) is 5.69 Å². The number of halogens is 3. The summed E-state index contributed by atoms with van der Waals surface area (Å²) in [6, 6.07) is 8.91. The predicted octanol–water partition coefficient (Wildman–Crippen LogP) is 4.01. The zero-order valence-electron chi connectivity index (χ0n) is 9.11. The number of nitrogens with zero attached hydrogens (tertiary/aromatic N) is 1. The van der Waals surface area contributed by atoms with Crippen LogP contribution >= 0.6 is 15.9 Å². The molecule has 0 saturated carbocycles. The fourth-order valence-corrected chi connectivity index (χ4v) is 1.91. The van der Waals surface area contributed by atoms with Crippen LogP contribution < -0.4 is 0 Å². The van der Waals surface area contributed by atoms with Gasteiger partial charge in [-0.15, -0.1) is 0 Å². The Kier molecular flexibility index (Phi) is 3.81. The van der Waals surface area contributed by atoms with Gasteiger partial charge in [0.2, 0.25) is 5.78 Å². The molecule has 0 spiro atoms. The number of rotatable bonds is 3. The number of carbonyl (C=O) groups excluding carboxylic acids is 1. The second-order valence-electron chi connectivity index (χ2n) is 3.58. The first-order valence-corrected chi connectivity index (χ1v) is 5.92. The first-order valence-electron chi connectivity index (χ1n) is 5.13. The van der Waals surface area contributed by atoms with Gasteiger partial charge in [0.25, 0.3) is 6.43 Å².